The van der Waals surface area contributed by atoms with E-state index in [1.165, 1.54) is 4.68 Å². The summed E-state index contributed by atoms with van der Waals surface area (Å²) >= 11 is 0. The number of hydrogen-bond donors (Lipinski definition) is 3. The number of hydrazine groups is 1. The molecule has 0 spiro atoms. The third-order valence-corrected chi connectivity index (χ3v) is 3.15. The summed E-state index contributed by atoms with van der Waals surface area (Å²) in [6, 6.07) is 0. The molecule has 1 heterocycles. The van der Waals surface area contributed by atoms with Gasteiger partial charge in [-0.1, -0.05) is 6.42 Å². The first-order valence-corrected chi connectivity index (χ1v) is 6.27. The molecule has 0 aliphatic carbocycles. The zero-order chi connectivity index (χ0) is 14.4. The number of H-pyrrole nitrogens is 1. The highest BCUT2D eigenvalue weighted by Gasteiger charge is 2.06. The van der Waals surface area contributed by atoms with Crippen LogP contribution < -0.4 is 22.4 Å². The first-order chi connectivity index (χ1) is 8.97. The molecule has 1 aromatic heterocycles. The second kappa shape index (κ2) is 6.89. The van der Waals surface area contributed by atoms with Gasteiger partial charge in [-0.25, -0.2) is 5.84 Å². The standard InChI is InChI=1S/C12H20N4O3/c1-8-9(2)12(19)16(15-11(8)18)7-5-3-4-6-10(17)14-13/h3-7,13H2,1-2H3,(H,14,17)(H,15,18). The van der Waals surface area contributed by atoms with Crippen LogP contribution in [0, 0.1) is 13.8 Å². The van der Waals surface area contributed by atoms with Gasteiger partial charge in [-0.3, -0.25) is 29.6 Å². The maximum atomic E-state index is 11.9. The van der Waals surface area contributed by atoms with Gasteiger partial charge in [0.25, 0.3) is 11.1 Å². The molecule has 4 N–H and O–H groups in total. The van der Waals surface area contributed by atoms with E-state index in [1.54, 1.807) is 13.8 Å². The number of aromatic amines is 1. The zero-order valence-corrected chi connectivity index (χ0v) is 11.3. The van der Waals surface area contributed by atoms with E-state index in [1.807, 2.05) is 0 Å². The van der Waals surface area contributed by atoms with Gasteiger partial charge >= 0.3 is 0 Å². The number of nitrogens with zero attached hydrogens (tertiary/aromatic N) is 1. The van der Waals surface area contributed by atoms with Crippen molar-refractivity contribution in [3.05, 3.63) is 31.8 Å². The number of nitrogens with two attached hydrogens (primary N) is 1. The summed E-state index contributed by atoms with van der Waals surface area (Å²) in [5, 5.41) is 2.54. The van der Waals surface area contributed by atoms with Crippen LogP contribution in [0.1, 0.15) is 36.8 Å². The Bertz CT molecular complexity index is 559. The lowest BCUT2D eigenvalue weighted by atomic mass is 10.2. The molecule has 106 valence electrons. The maximum absolute atomic E-state index is 11.9. The highest BCUT2D eigenvalue weighted by molar-refractivity contribution is 5.74. The summed E-state index contributed by atoms with van der Waals surface area (Å²) in [5.74, 6) is 4.76. The van der Waals surface area contributed by atoms with E-state index >= 15 is 0 Å². The van der Waals surface area contributed by atoms with Gasteiger partial charge < -0.3 is 0 Å². The Morgan fingerprint density at radius 1 is 1.21 bits per heavy atom. The van der Waals surface area contributed by atoms with Crippen molar-refractivity contribution in [3.8, 4) is 0 Å². The number of nitrogens with one attached hydrogen (secondary N) is 2. The number of rotatable bonds is 6. The fraction of sp³-hybridized carbons (Fsp3) is 0.583. The molecule has 1 aromatic rings. The van der Waals surface area contributed by atoms with Crippen molar-refractivity contribution in [3.63, 3.8) is 0 Å². The Morgan fingerprint density at radius 2 is 1.89 bits per heavy atom. The minimum absolute atomic E-state index is 0.170. The molecule has 0 unspecified atom stereocenters. The lowest BCUT2D eigenvalue weighted by Gasteiger charge is -2.07. The van der Waals surface area contributed by atoms with Crippen molar-refractivity contribution < 1.29 is 4.79 Å². The van der Waals surface area contributed by atoms with E-state index in [4.69, 9.17) is 5.84 Å². The second-order valence-corrected chi connectivity index (χ2v) is 4.53. The summed E-state index contributed by atoms with van der Waals surface area (Å²) in [7, 11) is 0. The SMILES string of the molecule is Cc1c(C)c(=O)n(CCCCCC(=O)NN)[nH]c1=O. The molecule has 0 aromatic carbocycles. The summed E-state index contributed by atoms with van der Waals surface area (Å²) in [6.07, 6.45) is 2.58. The monoisotopic (exact) mass is 268 g/mol. The van der Waals surface area contributed by atoms with Crippen LogP contribution in [-0.2, 0) is 11.3 Å². The number of amides is 1. The summed E-state index contributed by atoms with van der Waals surface area (Å²) in [6.45, 7) is 3.72. The lowest BCUT2D eigenvalue weighted by Crippen LogP contribution is -2.33. The molecule has 0 atom stereocenters. The van der Waals surface area contributed by atoms with Gasteiger partial charge in [-0.05, 0) is 26.7 Å². The van der Waals surface area contributed by atoms with Gasteiger partial charge in [-0.2, -0.15) is 0 Å². The quantitative estimate of drug-likeness (QED) is 0.285. The molecule has 0 saturated carbocycles. The van der Waals surface area contributed by atoms with Crippen LogP contribution in [0.4, 0.5) is 0 Å². The van der Waals surface area contributed by atoms with Crippen molar-refractivity contribution in [1.29, 1.82) is 0 Å². The predicted molar refractivity (Wildman–Crippen MR) is 71.6 cm³/mol. The smallest absolute Gasteiger partial charge is 0.268 e. The highest BCUT2D eigenvalue weighted by atomic mass is 16.2. The maximum Gasteiger partial charge on any atom is 0.268 e. The van der Waals surface area contributed by atoms with Crippen LogP contribution >= 0.6 is 0 Å². The van der Waals surface area contributed by atoms with E-state index in [-0.39, 0.29) is 17.0 Å². The molecule has 1 amide bonds. The fourth-order valence-electron chi connectivity index (χ4n) is 1.75. The molecule has 0 aliphatic heterocycles. The Kier molecular flexibility index (Phi) is 5.50. The van der Waals surface area contributed by atoms with Gasteiger partial charge in [0, 0.05) is 24.1 Å². The van der Waals surface area contributed by atoms with Crippen LogP contribution in [-0.4, -0.2) is 15.7 Å². The summed E-state index contributed by atoms with van der Waals surface area (Å²) in [5.41, 5.74) is 2.59. The van der Waals surface area contributed by atoms with Gasteiger partial charge in [0.2, 0.25) is 5.91 Å². The second-order valence-electron chi connectivity index (χ2n) is 4.53. The van der Waals surface area contributed by atoms with Gasteiger partial charge in [0.1, 0.15) is 0 Å². The van der Waals surface area contributed by atoms with Crippen molar-refractivity contribution in [2.75, 3.05) is 0 Å². The summed E-state index contributed by atoms with van der Waals surface area (Å²) < 4.78 is 1.33. The van der Waals surface area contributed by atoms with E-state index < -0.39 is 0 Å². The molecule has 19 heavy (non-hydrogen) atoms. The van der Waals surface area contributed by atoms with E-state index in [0.717, 1.165) is 12.8 Å². The first kappa shape index (κ1) is 15.2. The van der Waals surface area contributed by atoms with Crippen molar-refractivity contribution in [1.82, 2.24) is 15.2 Å². The minimum Gasteiger partial charge on any atom is -0.294 e. The summed E-state index contributed by atoms with van der Waals surface area (Å²) in [4.78, 5) is 34.3. The molecule has 7 heteroatoms. The van der Waals surface area contributed by atoms with Crippen molar-refractivity contribution >= 4 is 5.91 Å². The van der Waals surface area contributed by atoms with Crippen LogP contribution in [0.3, 0.4) is 0 Å². The zero-order valence-electron chi connectivity index (χ0n) is 11.3. The number of carbonyl (C=O) groups is 1. The van der Waals surface area contributed by atoms with Gasteiger partial charge in [-0.15, -0.1) is 0 Å². The number of aromatic nitrogens is 2. The number of unbranched alkanes of at least 4 members (excludes halogenated alkanes) is 2. The molecule has 0 fully saturated rings. The van der Waals surface area contributed by atoms with Crippen molar-refractivity contribution in [2.45, 2.75) is 46.1 Å². The third kappa shape index (κ3) is 4.06. The van der Waals surface area contributed by atoms with Crippen molar-refractivity contribution in [2.24, 2.45) is 5.84 Å². The Hall–Kier alpha value is -1.89. The van der Waals surface area contributed by atoms with Gasteiger partial charge in [0.05, 0.1) is 0 Å². The minimum atomic E-state index is -0.236. The first-order valence-electron chi connectivity index (χ1n) is 6.27. The molecule has 0 aliphatic rings. The van der Waals surface area contributed by atoms with E-state index in [0.29, 0.717) is 30.5 Å². The predicted octanol–water partition coefficient (Wildman–Crippen LogP) is -0.296. The topological polar surface area (TPSA) is 110 Å². The molecular weight excluding hydrogens is 248 g/mol. The Balaban J connectivity index is 2.53. The molecule has 0 saturated heterocycles. The fourth-order valence-corrected chi connectivity index (χ4v) is 1.75. The van der Waals surface area contributed by atoms with Crippen LogP contribution in [0.5, 0.6) is 0 Å². The van der Waals surface area contributed by atoms with E-state index in [2.05, 4.69) is 10.5 Å². The number of carbonyl (C=O) groups excluding carboxylic acids is 1. The third-order valence-electron chi connectivity index (χ3n) is 3.15. The average Bonchev–Trinajstić information content (AvgIpc) is 2.41. The highest BCUT2D eigenvalue weighted by Crippen LogP contribution is 2.01. The molecule has 1 rings (SSSR count). The lowest BCUT2D eigenvalue weighted by molar-refractivity contribution is -0.121. The van der Waals surface area contributed by atoms with Crippen LogP contribution in [0.2, 0.25) is 0 Å². The van der Waals surface area contributed by atoms with Crippen LogP contribution in [0.15, 0.2) is 9.59 Å². The normalized spacial score (nSPS) is 10.5. The molecule has 7 nitrogen and oxygen atoms in total. The molecule has 0 bridgehead atoms. The van der Waals surface area contributed by atoms with E-state index in [9.17, 15) is 14.4 Å². The average molecular weight is 268 g/mol. The largest absolute Gasteiger partial charge is 0.294 e. The Labute approximate surface area is 110 Å². The van der Waals surface area contributed by atoms with Gasteiger partial charge in [0.15, 0.2) is 0 Å². The number of hydrogen-bond acceptors (Lipinski definition) is 4. The Morgan fingerprint density at radius 3 is 2.53 bits per heavy atom. The number of aryl methyl sites for hydroxylation is 1. The molecule has 0 radical (unpaired) electrons. The molecular formula is C12H20N4O3. The van der Waals surface area contributed by atoms with Crippen LogP contribution in [0.25, 0.3) is 0 Å².